The van der Waals surface area contributed by atoms with Crippen LogP contribution in [0.4, 0.5) is 17.1 Å². The Labute approximate surface area is 283 Å². The SMILES string of the molecule is CCCCCCCCC1(CCCCCCCC)c2ccccc2-c2ccc(N(c3cccc(Br)c3)c3cccc(Br)c3)cc21. The minimum Gasteiger partial charge on any atom is -0.310 e. The first-order valence-corrected chi connectivity index (χ1v) is 18.7. The van der Waals surface area contributed by atoms with E-state index < -0.39 is 0 Å². The predicted octanol–water partition coefficient (Wildman–Crippen LogP) is 14.4. The van der Waals surface area contributed by atoms with Gasteiger partial charge in [0.2, 0.25) is 0 Å². The molecule has 0 aliphatic heterocycles. The maximum Gasteiger partial charge on any atom is 0.0472 e. The van der Waals surface area contributed by atoms with Gasteiger partial charge in [-0.2, -0.15) is 0 Å². The van der Waals surface area contributed by atoms with Gasteiger partial charge in [0.05, 0.1) is 0 Å². The van der Waals surface area contributed by atoms with Crippen molar-refractivity contribution in [2.75, 3.05) is 4.90 Å². The molecule has 232 valence electrons. The summed E-state index contributed by atoms with van der Waals surface area (Å²) in [4.78, 5) is 2.42. The smallest absolute Gasteiger partial charge is 0.0472 e. The van der Waals surface area contributed by atoms with E-state index >= 15 is 0 Å². The van der Waals surface area contributed by atoms with Crippen LogP contribution in [-0.2, 0) is 5.41 Å². The van der Waals surface area contributed by atoms with Crippen molar-refractivity contribution in [2.24, 2.45) is 0 Å². The second-order valence-electron chi connectivity index (χ2n) is 12.7. The fourth-order valence-electron chi connectivity index (χ4n) is 7.34. The van der Waals surface area contributed by atoms with E-state index in [9.17, 15) is 0 Å². The summed E-state index contributed by atoms with van der Waals surface area (Å²) >= 11 is 7.49. The summed E-state index contributed by atoms with van der Waals surface area (Å²) in [6, 6.07) is 34.0. The van der Waals surface area contributed by atoms with E-state index in [1.807, 2.05) is 0 Å². The molecule has 1 aliphatic rings. The van der Waals surface area contributed by atoms with Crippen LogP contribution < -0.4 is 4.90 Å². The van der Waals surface area contributed by atoms with Crippen molar-refractivity contribution in [3.63, 3.8) is 0 Å². The number of benzene rings is 4. The summed E-state index contributed by atoms with van der Waals surface area (Å²) in [6.07, 6.45) is 18.5. The summed E-state index contributed by atoms with van der Waals surface area (Å²) in [5.41, 5.74) is 9.59. The number of hydrogen-bond donors (Lipinski definition) is 0. The molecule has 44 heavy (non-hydrogen) atoms. The first-order valence-electron chi connectivity index (χ1n) is 17.1. The second kappa shape index (κ2) is 16.3. The van der Waals surface area contributed by atoms with Crippen LogP contribution in [0.2, 0.25) is 0 Å². The van der Waals surface area contributed by atoms with Gasteiger partial charge in [0, 0.05) is 31.4 Å². The number of rotatable bonds is 17. The molecule has 1 nitrogen and oxygen atoms in total. The fourth-order valence-corrected chi connectivity index (χ4v) is 8.11. The van der Waals surface area contributed by atoms with Crippen LogP contribution in [0.25, 0.3) is 11.1 Å². The molecule has 0 amide bonds. The Morgan fingerprint density at radius 2 is 0.977 bits per heavy atom. The van der Waals surface area contributed by atoms with Gasteiger partial charge in [-0.25, -0.2) is 0 Å². The monoisotopic (exact) mass is 713 g/mol. The number of anilines is 3. The maximum atomic E-state index is 3.74. The van der Waals surface area contributed by atoms with Crippen LogP contribution in [0.5, 0.6) is 0 Å². The van der Waals surface area contributed by atoms with Crippen molar-refractivity contribution >= 4 is 48.9 Å². The minimum absolute atomic E-state index is 0.0671. The summed E-state index contributed by atoms with van der Waals surface area (Å²) < 4.78 is 2.17. The predicted molar refractivity (Wildman–Crippen MR) is 199 cm³/mol. The van der Waals surface area contributed by atoms with Gasteiger partial charge in [0.15, 0.2) is 0 Å². The van der Waals surface area contributed by atoms with E-state index in [1.54, 1.807) is 5.56 Å². The molecule has 0 saturated heterocycles. The molecule has 4 aromatic rings. The van der Waals surface area contributed by atoms with Gasteiger partial charge in [-0.05, 0) is 83.6 Å². The Morgan fingerprint density at radius 3 is 1.55 bits per heavy atom. The standard InChI is InChI=1S/C41H49Br2N/c1-3-5-7-9-11-15-27-41(28-16-12-10-8-6-4-2)39-24-14-13-23-37(39)38-26-25-36(31-40(38)41)44(34-21-17-19-32(42)29-34)35-22-18-20-33(43)30-35/h13-14,17-26,29-31H,3-12,15-16,27-28H2,1-2H3. The minimum atomic E-state index is 0.0671. The molecule has 0 unspecified atom stereocenters. The molecule has 0 N–H and O–H groups in total. The quantitative estimate of drug-likeness (QED) is 0.0984. The summed E-state index contributed by atoms with van der Waals surface area (Å²) in [5.74, 6) is 0. The van der Waals surface area contributed by atoms with Crippen molar-refractivity contribution in [3.05, 3.63) is 111 Å². The third-order valence-corrected chi connectivity index (χ3v) is 10.5. The average molecular weight is 716 g/mol. The molecular weight excluding hydrogens is 666 g/mol. The van der Waals surface area contributed by atoms with Crippen molar-refractivity contribution in [1.82, 2.24) is 0 Å². The van der Waals surface area contributed by atoms with Crippen LogP contribution in [0.1, 0.15) is 115 Å². The van der Waals surface area contributed by atoms with Gasteiger partial charge in [-0.15, -0.1) is 0 Å². The van der Waals surface area contributed by atoms with E-state index in [0.29, 0.717) is 0 Å². The molecule has 3 heteroatoms. The lowest BCUT2D eigenvalue weighted by molar-refractivity contribution is 0.398. The van der Waals surface area contributed by atoms with Gasteiger partial charge in [0.1, 0.15) is 0 Å². The molecule has 0 heterocycles. The van der Waals surface area contributed by atoms with Gasteiger partial charge < -0.3 is 4.90 Å². The lowest BCUT2D eigenvalue weighted by Gasteiger charge is -2.34. The Morgan fingerprint density at radius 1 is 0.477 bits per heavy atom. The second-order valence-corrected chi connectivity index (χ2v) is 14.5. The number of hydrogen-bond acceptors (Lipinski definition) is 1. The summed E-state index contributed by atoms with van der Waals surface area (Å²) in [6.45, 7) is 4.62. The fraction of sp³-hybridized carbons (Fsp3) is 0.415. The number of nitrogens with zero attached hydrogens (tertiary/aromatic N) is 1. The number of unbranched alkanes of at least 4 members (excludes halogenated alkanes) is 10. The molecule has 0 radical (unpaired) electrons. The highest BCUT2D eigenvalue weighted by atomic mass is 79.9. The number of fused-ring (bicyclic) bond motifs is 3. The van der Waals surface area contributed by atoms with Crippen molar-refractivity contribution in [1.29, 1.82) is 0 Å². The molecule has 0 aromatic heterocycles. The van der Waals surface area contributed by atoms with Crippen LogP contribution in [0, 0.1) is 0 Å². The van der Waals surface area contributed by atoms with E-state index in [2.05, 4.69) is 142 Å². The van der Waals surface area contributed by atoms with E-state index in [-0.39, 0.29) is 5.41 Å². The topological polar surface area (TPSA) is 3.24 Å². The first kappa shape index (κ1) is 33.0. The Kier molecular flexibility index (Phi) is 12.2. The van der Waals surface area contributed by atoms with Crippen molar-refractivity contribution in [2.45, 2.75) is 109 Å². The normalized spacial score (nSPS) is 13.1. The van der Waals surface area contributed by atoms with E-state index in [4.69, 9.17) is 0 Å². The molecule has 0 saturated carbocycles. The largest absolute Gasteiger partial charge is 0.310 e. The lowest BCUT2D eigenvalue weighted by Crippen LogP contribution is -2.26. The third-order valence-electron chi connectivity index (χ3n) is 9.56. The zero-order valence-electron chi connectivity index (χ0n) is 26.8. The molecule has 0 fully saturated rings. The van der Waals surface area contributed by atoms with Gasteiger partial charge >= 0.3 is 0 Å². The summed E-state index contributed by atoms with van der Waals surface area (Å²) in [5, 5.41) is 0. The highest BCUT2D eigenvalue weighted by Crippen LogP contribution is 2.55. The molecule has 0 atom stereocenters. The third kappa shape index (κ3) is 7.71. The van der Waals surface area contributed by atoms with Crippen LogP contribution in [-0.4, -0.2) is 0 Å². The van der Waals surface area contributed by atoms with Gasteiger partial charge in [0.25, 0.3) is 0 Å². The molecule has 4 aromatic carbocycles. The maximum absolute atomic E-state index is 3.74. The van der Waals surface area contributed by atoms with Crippen molar-refractivity contribution < 1.29 is 0 Å². The first-order chi connectivity index (χ1) is 21.6. The highest BCUT2D eigenvalue weighted by Gasteiger charge is 2.42. The van der Waals surface area contributed by atoms with Crippen LogP contribution >= 0.6 is 31.9 Å². The molecule has 0 spiro atoms. The van der Waals surface area contributed by atoms with Crippen molar-refractivity contribution in [3.8, 4) is 11.1 Å². The zero-order valence-corrected chi connectivity index (χ0v) is 29.9. The Balaban J connectivity index is 1.57. The molecular formula is C41H49Br2N. The molecule has 1 aliphatic carbocycles. The Hall–Kier alpha value is -2.36. The number of halogens is 2. The Bertz CT molecular complexity index is 1430. The average Bonchev–Trinajstić information content (AvgIpc) is 3.30. The van der Waals surface area contributed by atoms with Crippen LogP contribution in [0.3, 0.4) is 0 Å². The van der Waals surface area contributed by atoms with Crippen LogP contribution in [0.15, 0.2) is 99.9 Å². The zero-order chi connectivity index (χ0) is 30.8. The molecule has 5 rings (SSSR count). The van der Waals surface area contributed by atoms with Gasteiger partial charge in [-0.1, -0.05) is 165 Å². The highest BCUT2D eigenvalue weighted by molar-refractivity contribution is 9.10. The van der Waals surface area contributed by atoms with E-state index in [1.165, 1.54) is 112 Å². The van der Waals surface area contributed by atoms with Gasteiger partial charge in [-0.3, -0.25) is 0 Å². The summed E-state index contributed by atoms with van der Waals surface area (Å²) in [7, 11) is 0. The molecule has 0 bridgehead atoms. The lowest BCUT2D eigenvalue weighted by atomic mass is 9.70. The van der Waals surface area contributed by atoms with E-state index in [0.717, 1.165) is 20.3 Å².